The summed E-state index contributed by atoms with van der Waals surface area (Å²) in [5, 5.41) is 0. The van der Waals surface area contributed by atoms with Gasteiger partial charge in [-0.2, -0.15) is 13.2 Å². The number of carbonyl (C=O) groups excluding carboxylic acids is 1. The zero-order chi connectivity index (χ0) is 19.3. The van der Waals surface area contributed by atoms with Crippen LogP contribution in [0.25, 0.3) is 16.9 Å². The van der Waals surface area contributed by atoms with Gasteiger partial charge in [-0.05, 0) is 30.7 Å². The van der Waals surface area contributed by atoms with E-state index in [2.05, 4.69) is 4.98 Å². The molecule has 27 heavy (non-hydrogen) atoms. The number of pyridine rings is 1. The second-order valence-electron chi connectivity index (χ2n) is 6.19. The molecule has 0 unspecified atom stereocenters. The number of fused-ring (bicyclic) bond motifs is 1. The molecule has 0 saturated carbocycles. The summed E-state index contributed by atoms with van der Waals surface area (Å²) in [7, 11) is 0. The van der Waals surface area contributed by atoms with Gasteiger partial charge in [0.05, 0.1) is 23.1 Å². The summed E-state index contributed by atoms with van der Waals surface area (Å²) in [5.74, 6) is -2.27. The number of anilines is 1. The summed E-state index contributed by atoms with van der Waals surface area (Å²) in [4.78, 5) is 17.0. The Morgan fingerprint density at radius 1 is 1.11 bits per heavy atom. The molecular weight excluding hydrogens is 369 g/mol. The first-order valence-corrected chi connectivity index (χ1v) is 8.10. The van der Waals surface area contributed by atoms with Gasteiger partial charge >= 0.3 is 6.18 Å². The van der Waals surface area contributed by atoms with Crippen LogP contribution in [0.3, 0.4) is 0 Å². The molecule has 140 valence electrons. The maximum absolute atomic E-state index is 14.2. The number of hydrogen-bond donors (Lipinski definition) is 0. The average molecular weight is 381 g/mol. The molecule has 0 spiro atoms. The van der Waals surface area contributed by atoms with E-state index in [0.29, 0.717) is 31.0 Å². The van der Waals surface area contributed by atoms with Crippen LogP contribution < -0.4 is 4.90 Å². The van der Waals surface area contributed by atoms with Crippen molar-refractivity contribution in [3.63, 3.8) is 0 Å². The van der Waals surface area contributed by atoms with Gasteiger partial charge in [-0.1, -0.05) is 0 Å². The molecule has 1 amide bonds. The predicted octanol–water partition coefficient (Wildman–Crippen LogP) is 4.43. The molecule has 1 aliphatic heterocycles. The first kappa shape index (κ1) is 17.4. The fraction of sp³-hybridized carbons (Fsp3) is 0.222. The highest BCUT2D eigenvalue weighted by atomic mass is 19.4. The van der Waals surface area contributed by atoms with Crippen LogP contribution in [0.15, 0.2) is 36.7 Å². The molecule has 1 saturated heterocycles. The number of amides is 1. The summed E-state index contributed by atoms with van der Waals surface area (Å²) < 4.78 is 68.1. The van der Waals surface area contributed by atoms with Crippen molar-refractivity contribution >= 4 is 17.2 Å². The molecule has 3 heterocycles. The van der Waals surface area contributed by atoms with E-state index in [1.165, 1.54) is 23.2 Å². The molecule has 3 aromatic rings. The van der Waals surface area contributed by atoms with E-state index in [-0.39, 0.29) is 17.3 Å². The monoisotopic (exact) mass is 381 g/mol. The number of nitrogens with zero attached hydrogens (tertiary/aromatic N) is 3. The number of alkyl halides is 3. The van der Waals surface area contributed by atoms with E-state index in [9.17, 15) is 26.7 Å². The van der Waals surface area contributed by atoms with E-state index in [1.807, 2.05) is 0 Å². The molecule has 0 N–H and O–H groups in total. The van der Waals surface area contributed by atoms with Crippen molar-refractivity contribution in [2.75, 3.05) is 11.4 Å². The van der Waals surface area contributed by atoms with Crippen molar-refractivity contribution in [3.8, 4) is 11.3 Å². The maximum Gasteiger partial charge on any atom is 0.419 e. The largest absolute Gasteiger partial charge is 0.419 e. The number of rotatable bonds is 2. The molecule has 0 aliphatic carbocycles. The summed E-state index contributed by atoms with van der Waals surface area (Å²) in [6, 6.07) is 4.61. The maximum atomic E-state index is 14.2. The minimum Gasteiger partial charge on any atom is -0.310 e. The Balaban J connectivity index is 1.84. The molecule has 0 radical (unpaired) electrons. The third-order valence-corrected chi connectivity index (χ3v) is 4.53. The SMILES string of the molecule is O=C1CCCN1c1cc(-c2cnc3c(F)c(C(F)(F)F)ccn23)ccc1F. The first-order valence-electron chi connectivity index (χ1n) is 8.10. The quantitative estimate of drug-likeness (QED) is 0.616. The molecule has 4 nitrogen and oxygen atoms in total. The van der Waals surface area contributed by atoms with E-state index >= 15 is 0 Å². The predicted molar refractivity (Wildman–Crippen MR) is 87.1 cm³/mol. The van der Waals surface area contributed by atoms with Gasteiger partial charge in [0.1, 0.15) is 5.82 Å². The van der Waals surface area contributed by atoms with Gasteiger partial charge in [0.2, 0.25) is 5.91 Å². The third-order valence-electron chi connectivity index (χ3n) is 4.53. The molecule has 1 aromatic carbocycles. The molecular formula is C18H12F5N3O. The zero-order valence-electron chi connectivity index (χ0n) is 13.7. The van der Waals surface area contributed by atoms with Crippen LogP contribution in [0.2, 0.25) is 0 Å². The standard InChI is InChI=1S/C18H12F5N3O/c19-12-4-3-10(8-13(12)25-6-1-2-15(25)27)14-9-24-17-16(20)11(18(21,22)23)5-7-26(14)17/h3-5,7-9H,1-2,6H2. The Bertz CT molecular complexity index is 1060. The normalized spacial score (nSPS) is 15.1. The fourth-order valence-corrected chi connectivity index (χ4v) is 3.23. The lowest BCUT2D eigenvalue weighted by Gasteiger charge is -2.17. The Morgan fingerprint density at radius 3 is 2.56 bits per heavy atom. The van der Waals surface area contributed by atoms with Gasteiger partial charge in [0, 0.05) is 24.7 Å². The molecule has 1 aliphatic rings. The van der Waals surface area contributed by atoms with Crippen LogP contribution in [0.4, 0.5) is 27.6 Å². The van der Waals surface area contributed by atoms with E-state index in [0.717, 1.165) is 16.7 Å². The van der Waals surface area contributed by atoms with Gasteiger partial charge in [-0.25, -0.2) is 13.8 Å². The highest BCUT2D eigenvalue weighted by Gasteiger charge is 2.35. The Morgan fingerprint density at radius 2 is 1.89 bits per heavy atom. The zero-order valence-corrected chi connectivity index (χ0v) is 13.7. The van der Waals surface area contributed by atoms with Gasteiger partial charge in [-0.3, -0.25) is 9.20 Å². The summed E-state index contributed by atoms with van der Waals surface area (Å²) in [6.45, 7) is 0.385. The number of benzene rings is 1. The van der Waals surface area contributed by atoms with Crippen LogP contribution in [0, 0.1) is 11.6 Å². The summed E-state index contributed by atoms with van der Waals surface area (Å²) >= 11 is 0. The van der Waals surface area contributed by atoms with Crippen LogP contribution in [0.5, 0.6) is 0 Å². The molecule has 0 bridgehead atoms. The average Bonchev–Trinajstić information content (AvgIpc) is 3.21. The number of carbonyl (C=O) groups is 1. The molecule has 1 fully saturated rings. The van der Waals surface area contributed by atoms with Crippen molar-refractivity contribution in [2.24, 2.45) is 0 Å². The van der Waals surface area contributed by atoms with Gasteiger partial charge in [0.25, 0.3) is 0 Å². The molecule has 4 rings (SSSR count). The number of aromatic nitrogens is 2. The van der Waals surface area contributed by atoms with Gasteiger partial charge < -0.3 is 4.90 Å². The van der Waals surface area contributed by atoms with Crippen LogP contribution in [-0.2, 0) is 11.0 Å². The lowest BCUT2D eigenvalue weighted by Crippen LogP contribution is -2.24. The highest BCUT2D eigenvalue weighted by Crippen LogP contribution is 2.35. The minimum absolute atomic E-state index is 0.0809. The van der Waals surface area contributed by atoms with Crippen molar-refractivity contribution in [2.45, 2.75) is 19.0 Å². The van der Waals surface area contributed by atoms with Gasteiger partial charge in [-0.15, -0.1) is 0 Å². The third kappa shape index (κ3) is 2.83. The number of hydrogen-bond acceptors (Lipinski definition) is 2. The van der Waals surface area contributed by atoms with Crippen molar-refractivity contribution in [3.05, 3.63) is 53.9 Å². The summed E-state index contributed by atoms with van der Waals surface area (Å²) in [6.07, 6.45) is -1.62. The van der Waals surface area contributed by atoms with Crippen molar-refractivity contribution in [1.82, 2.24) is 9.38 Å². The molecule has 0 atom stereocenters. The lowest BCUT2D eigenvalue weighted by atomic mass is 10.1. The topological polar surface area (TPSA) is 37.6 Å². The Labute approximate surface area is 149 Å². The number of halogens is 5. The van der Waals surface area contributed by atoms with E-state index in [4.69, 9.17) is 0 Å². The first-order chi connectivity index (χ1) is 12.8. The summed E-state index contributed by atoms with van der Waals surface area (Å²) in [5.41, 5.74) is -1.13. The van der Waals surface area contributed by atoms with Crippen molar-refractivity contribution in [1.29, 1.82) is 0 Å². The second-order valence-corrected chi connectivity index (χ2v) is 6.19. The van der Waals surface area contributed by atoms with E-state index < -0.39 is 29.0 Å². The molecule has 9 heteroatoms. The van der Waals surface area contributed by atoms with Crippen LogP contribution in [0.1, 0.15) is 18.4 Å². The van der Waals surface area contributed by atoms with Crippen LogP contribution >= 0.6 is 0 Å². The van der Waals surface area contributed by atoms with Gasteiger partial charge in [0.15, 0.2) is 11.5 Å². The number of imidazole rings is 1. The Kier molecular flexibility index (Phi) is 3.90. The minimum atomic E-state index is -4.84. The second kappa shape index (κ2) is 6.04. The molecule has 2 aromatic heterocycles. The van der Waals surface area contributed by atoms with E-state index in [1.54, 1.807) is 0 Å². The Hall–Kier alpha value is -2.97. The smallest absolute Gasteiger partial charge is 0.310 e. The lowest BCUT2D eigenvalue weighted by molar-refractivity contribution is -0.139. The van der Waals surface area contributed by atoms with Crippen LogP contribution in [-0.4, -0.2) is 21.8 Å². The fourth-order valence-electron chi connectivity index (χ4n) is 3.23. The van der Waals surface area contributed by atoms with Crippen molar-refractivity contribution < 1.29 is 26.7 Å². The highest BCUT2D eigenvalue weighted by molar-refractivity contribution is 5.96.